The van der Waals surface area contributed by atoms with E-state index in [-0.39, 0.29) is 0 Å². The van der Waals surface area contributed by atoms with Crippen molar-refractivity contribution in [3.05, 3.63) is 108 Å². The summed E-state index contributed by atoms with van der Waals surface area (Å²) < 4.78 is 0. The summed E-state index contributed by atoms with van der Waals surface area (Å²) in [6.45, 7) is 0. The third kappa shape index (κ3) is 3.02. The summed E-state index contributed by atoms with van der Waals surface area (Å²) in [5, 5.41) is 2.09. The Labute approximate surface area is 147 Å². The maximum Gasteiger partial charge on any atom is 0.0781 e. The van der Waals surface area contributed by atoms with Crippen LogP contribution in [0.15, 0.2) is 102 Å². The van der Waals surface area contributed by atoms with E-state index in [0.29, 0.717) is 0 Å². The van der Waals surface area contributed by atoms with E-state index in [0.717, 1.165) is 39.0 Å². The van der Waals surface area contributed by atoms with Crippen LogP contribution in [0.25, 0.3) is 10.8 Å². The Bertz CT molecular complexity index is 994. The van der Waals surface area contributed by atoms with Gasteiger partial charge in [0.15, 0.2) is 0 Å². The van der Waals surface area contributed by atoms with E-state index in [4.69, 9.17) is 10.7 Å². The molecule has 2 N–H and O–H groups in total. The predicted octanol–water partition coefficient (Wildman–Crippen LogP) is 5.59. The van der Waals surface area contributed by atoms with Crippen molar-refractivity contribution in [3.8, 4) is 0 Å². The van der Waals surface area contributed by atoms with Gasteiger partial charge < -0.3 is 5.73 Å². The average molecular weight is 322 g/mol. The highest BCUT2D eigenvalue weighted by atomic mass is 14.8. The minimum absolute atomic E-state index is 0.774. The topological polar surface area (TPSA) is 38.4 Å². The number of rotatable bonds is 3. The second kappa shape index (κ2) is 6.62. The fourth-order valence-corrected chi connectivity index (χ4v) is 3.02. The third-order valence-corrected chi connectivity index (χ3v) is 4.26. The van der Waals surface area contributed by atoms with Gasteiger partial charge in [0.05, 0.1) is 11.4 Å². The van der Waals surface area contributed by atoms with Crippen LogP contribution in [-0.4, -0.2) is 5.71 Å². The number of anilines is 1. The van der Waals surface area contributed by atoms with Gasteiger partial charge >= 0.3 is 0 Å². The van der Waals surface area contributed by atoms with Crippen molar-refractivity contribution in [2.75, 3.05) is 5.73 Å². The summed E-state index contributed by atoms with van der Waals surface area (Å²) in [7, 11) is 0. The lowest BCUT2D eigenvalue weighted by Crippen LogP contribution is -2.02. The number of fused-ring (bicyclic) bond motifs is 1. The van der Waals surface area contributed by atoms with E-state index in [1.54, 1.807) is 0 Å². The maximum atomic E-state index is 6.13. The molecule has 0 amide bonds. The number of nitrogens with two attached hydrogens (primary N) is 1. The zero-order valence-corrected chi connectivity index (χ0v) is 13.8. The minimum atomic E-state index is 0.774. The van der Waals surface area contributed by atoms with Crippen LogP contribution < -0.4 is 5.73 Å². The molecule has 0 radical (unpaired) electrons. The fourth-order valence-electron chi connectivity index (χ4n) is 3.02. The van der Waals surface area contributed by atoms with Crippen LogP contribution in [-0.2, 0) is 0 Å². The van der Waals surface area contributed by atoms with Gasteiger partial charge in [-0.05, 0) is 12.1 Å². The van der Waals surface area contributed by atoms with E-state index in [2.05, 4.69) is 30.3 Å². The molecule has 0 heterocycles. The Hall–Kier alpha value is -3.39. The molecule has 2 heteroatoms. The van der Waals surface area contributed by atoms with Crippen LogP contribution in [0.1, 0.15) is 11.1 Å². The first-order valence-corrected chi connectivity index (χ1v) is 8.30. The van der Waals surface area contributed by atoms with Crippen LogP contribution in [0.3, 0.4) is 0 Å². The van der Waals surface area contributed by atoms with Gasteiger partial charge in [0.2, 0.25) is 0 Å². The monoisotopic (exact) mass is 322 g/mol. The van der Waals surface area contributed by atoms with Gasteiger partial charge in [0.25, 0.3) is 0 Å². The van der Waals surface area contributed by atoms with Crippen LogP contribution in [0, 0.1) is 0 Å². The van der Waals surface area contributed by atoms with Crippen molar-refractivity contribution in [3.63, 3.8) is 0 Å². The summed E-state index contributed by atoms with van der Waals surface area (Å²) >= 11 is 0. The van der Waals surface area contributed by atoms with Gasteiger partial charge in [-0.15, -0.1) is 0 Å². The number of hydrogen-bond acceptors (Lipinski definition) is 2. The summed E-state index contributed by atoms with van der Waals surface area (Å²) in [6, 6.07) is 32.6. The van der Waals surface area contributed by atoms with E-state index in [1.807, 2.05) is 66.7 Å². The molecule has 25 heavy (non-hydrogen) atoms. The smallest absolute Gasteiger partial charge is 0.0781 e. The summed E-state index contributed by atoms with van der Waals surface area (Å²) in [5.41, 5.74) is 11.0. The first-order chi connectivity index (χ1) is 12.3. The Balaban J connectivity index is 1.96. The molecule has 0 bridgehead atoms. The maximum absolute atomic E-state index is 6.13. The normalized spacial score (nSPS) is 10.6. The molecule has 4 rings (SSSR count). The third-order valence-electron chi connectivity index (χ3n) is 4.26. The van der Waals surface area contributed by atoms with Crippen molar-refractivity contribution >= 4 is 27.9 Å². The molecule has 0 aliphatic heterocycles. The standard InChI is InChI=1S/C23H18N2/c24-21-15-7-14-20-19(21)13-8-16-22(20)25-23(17-9-3-1-4-10-17)18-11-5-2-6-12-18/h1-16H,24H2. The van der Waals surface area contributed by atoms with Crippen LogP contribution in [0.4, 0.5) is 11.4 Å². The molecular formula is C23H18N2. The number of benzene rings is 4. The quantitative estimate of drug-likeness (QED) is 0.387. The molecule has 0 saturated carbocycles. The number of hydrogen-bond donors (Lipinski definition) is 1. The van der Waals surface area contributed by atoms with Crippen LogP contribution >= 0.6 is 0 Å². The summed E-state index contributed by atoms with van der Waals surface area (Å²) in [4.78, 5) is 5.03. The molecule has 0 unspecified atom stereocenters. The Morgan fingerprint density at radius 3 is 1.76 bits per heavy atom. The molecule has 4 aromatic carbocycles. The summed E-state index contributed by atoms with van der Waals surface area (Å²) in [6.07, 6.45) is 0. The largest absolute Gasteiger partial charge is 0.398 e. The lowest BCUT2D eigenvalue weighted by atomic mass is 10.0. The highest BCUT2D eigenvalue weighted by molar-refractivity contribution is 6.15. The summed E-state index contributed by atoms with van der Waals surface area (Å²) in [5.74, 6) is 0. The molecule has 4 aromatic rings. The average Bonchev–Trinajstić information content (AvgIpc) is 2.68. The van der Waals surface area contributed by atoms with Crippen LogP contribution in [0.5, 0.6) is 0 Å². The Morgan fingerprint density at radius 2 is 1.12 bits per heavy atom. The first kappa shape index (κ1) is 15.2. The number of nitrogens with zero attached hydrogens (tertiary/aromatic N) is 1. The zero-order valence-electron chi connectivity index (χ0n) is 13.8. The second-order valence-corrected chi connectivity index (χ2v) is 5.91. The molecular weight excluding hydrogens is 304 g/mol. The Morgan fingerprint density at radius 1 is 0.560 bits per heavy atom. The van der Waals surface area contributed by atoms with E-state index < -0.39 is 0 Å². The molecule has 0 spiro atoms. The van der Waals surface area contributed by atoms with Gasteiger partial charge in [-0.25, -0.2) is 4.99 Å². The number of nitrogen functional groups attached to an aromatic ring is 1. The molecule has 2 nitrogen and oxygen atoms in total. The SMILES string of the molecule is Nc1cccc2c(N=C(c3ccccc3)c3ccccc3)cccc12. The highest BCUT2D eigenvalue weighted by Gasteiger charge is 2.08. The van der Waals surface area contributed by atoms with E-state index >= 15 is 0 Å². The molecule has 0 aliphatic carbocycles. The molecule has 0 atom stereocenters. The molecule has 0 aliphatic rings. The van der Waals surface area contributed by atoms with Gasteiger partial charge in [0.1, 0.15) is 0 Å². The Kier molecular flexibility index (Phi) is 4.01. The fraction of sp³-hybridized carbons (Fsp3) is 0. The molecule has 0 fully saturated rings. The van der Waals surface area contributed by atoms with Crippen molar-refractivity contribution in [1.29, 1.82) is 0 Å². The molecule has 0 aromatic heterocycles. The van der Waals surface area contributed by atoms with Crippen molar-refractivity contribution in [1.82, 2.24) is 0 Å². The van der Waals surface area contributed by atoms with Gasteiger partial charge in [-0.1, -0.05) is 84.9 Å². The number of aliphatic imine (C=N–C) groups is 1. The van der Waals surface area contributed by atoms with Crippen molar-refractivity contribution in [2.45, 2.75) is 0 Å². The molecule has 120 valence electrons. The predicted molar refractivity (Wildman–Crippen MR) is 107 cm³/mol. The van der Waals surface area contributed by atoms with Gasteiger partial charge in [-0.3, -0.25) is 0 Å². The molecule has 0 saturated heterocycles. The van der Waals surface area contributed by atoms with Gasteiger partial charge in [0, 0.05) is 27.6 Å². The zero-order chi connectivity index (χ0) is 17.1. The second-order valence-electron chi connectivity index (χ2n) is 5.91. The highest BCUT2D eigenvalue weighted by Crippen LogP contribution is 2.30. The van der Waals surface area contributed by atoms with E-state index in [9.17, 15) is 0 Å². The lowest BCUT2D eigenvalue weighted by molar-refractivity contribution is 1.50. The van der Waals surface area contributed by atoms with Crippen molar-refractivity contribution in [2.24, 2.45) is 4.99 Å². The van der Waals surface area contributed by atoms with E-state index in [1.165, 1.54) is 0 Å². The lowest BCUT2D eigenvalue weighted by Gasteiger charge is -2.10. The van der Waals surface area contributed by atoms with Gasteiger partial charge in [-0.2, -0.15) is 0 Å². The minimum Gasteiger partial charge on any atom is -0.398 e. The van der Waals surface area contributed by atoms with Crippen LogP contribution in [0.2, 0.25) is 0 Å². The first-order valence-electron chi connectivity index (χ1n) is 8.30. The van der Waals surface area contributed by atoms with Crippen molar-refractivity contribution < 1.29 is 0 Å².